The second kappa shape index (κ2) is 7.13. The molecule has 2 saturated heterocycles. The average Bonchev–Trinajstić information content (AvgIpc) is 3.16. The summed E-state index contributed by atoms with van der Waals surface area (Å²) in [5.74, 6) is -0.696. The normalized spacial score (nSPS) is 22.1. The predicted molar refractivity (Wildman–Crippen MR) is 92.3 cm³/mol. The van der Waals surface area contributed by atoms with Crippen LogP contribution in [0.25, 0.3) is 0 Å². The summed E-state index contributed by atoms with van der Waals surface area (Å²) in [6, 6.07) is 4.92. The lowest BCUT2D eigenvalue weighted by Gasteiger charge is -2.35. The number of nitrogens with zero attached hydrogens (tertiary/aromatic N) is 2. The zero-order valence-electron chi connectivity index (χ0n) is 14.1. The van der Waals surface area contributed by atoms with Gasteiger partial charge in [-0.05, 0) is 49.9 Å². The van der Waals surface area contributed by atoms with Crippen molar-refractivity contribution in [3.8, 4) is 0 Å². The molecule has 2 fully saturated rings. The first kappa shape index (κ1) is 17.9. The Morgan fingerprint density at radius 3 is 2.16 bits per heavy atom. The fourth-order valence-electron chi connectivity index (χ4n) is 3.51. The Morgan fingerprint density at radius 2 is 1.56 bits per heavy atom. The molecular weight excluding hydrogens is 342 g/mol. The fraction of sp³-hybridized carbons (Fsp3) is 0.529. The zero-order valence-corrected chi connectivity index (χ0v) is 14.9. The van der Waals surface area contributed by atoms with Crippen molar-refractivity contribution in [1.82, 2.24) is 9.21 Å². The Kier molecular flexibility index (Phi) is 5.10. The maximum atomic E-state index is 13.0. The highest BCUT2D eigenvalue weighted by Crippen LogP contribution is 2.27. The second-order valence-corrected chi connectivity index (χ2v) is 8.44. The molecule has 0 spiro atoms. The molecule has 7 nitrogen and oxygen atoms in total. The molecule has 2 N–H and O–H groups in total. The molecule has 0 bridgehead atoms. The van der Waals surface area contributed by atoms with Gasteiger partial charge < -0.3 is 10.6 Å². The number of piperidine rings is 1. The number of amides is 2. The third-order valence-corrected chi connectivity index (χ3v) is 6.82. The maximum absolute atomic E-state index is 13.0. The first-order valence-electron chi connectivity index (χ1n) is 8.62. The number of hydrogen-bond acceptors (Lipinski definition) is 4. The molecule has 0 aromatic heterocycles. The van der Waals surface area contributed by atoms with Crippen LogP contribution in [-0.2, 0) is 14.8 Å². The number of hydrogen-bond donors (Lipinski definition) is 1. The summed E-state index contributed by atoms with van der Waals surface area (Å²) in [5.41, 5.74) is 5.45. The Morgan fingerprint density at radius 1 is 0.960 bits per heavy atom. The van der Waals surface area contributed by atoms with Crippen LogP contribution in [0, 0.1) is 0 Å². The standard InChI is InChI=1S/C17H23N3O4S/c18-16(21)13-6-8-14(9-7-13)25(23,24)20-12-2-1-5-15(20)17(22)19-10-3-4-11-19/h6-9,15H,1-5,10-12H2,(H2,18,21)/t15-/m0/s1. The fourth-order valence-corrected chi connectivity index (χ4v) is 5.17. The smallest absolute Gasteiger partial charge is 0.248 e. The van der Waals surface area contributed by atoms with Crippen LogP contribution in [0.1, 0.15) is 42.5 Å². The van der Waals surface area contributed by atoms with Crippen molar-refractivity contribution < 1.29 is 18.0 Å². The van der Waals surface area contributed by atoms with Gasteiger partial charge in [0.05, 0.1) is 4.90 Å². The van der Waals surface area contributed by atoms with Gasteiger partial charge in [0.15, 0.2) is 0 Å². The predicted octanol–water partition coefficient (Wildman–Crippen LogP) is 0.951. The number of benzene rings is 1. The molecule has 3 rings (SSSR count). The molecule has 1 atom stereocenters. The third kappa shape index (κ3) is 3.55. The van der Waals surface area contributed by atoms with Gasteiger partial charge in [0.2, 0.25) is 21.8 Å². The van der Waals surface area contributed by atoms with Crippen molar-refractivity contribution >= 4 is 21.8 Å². The quantitative estimate of drug-likeness (QED) is 0.858. The van der Waals surface area contributed by atoms with Crippen molar-refractivity contribution in [2.75, 3.05) is 19.6 Å². The molecule has 1 aromatic rings. The van der Waals surface area contributed by atoms with E-state index in [0.717, 1.165) is 25.7 Å². The summed E-state index contributed by atoms with van der Waals surface area (Å²) in [6.07, 6.45) is 4.08. The Bertz CT molecular complexity index is 755. The van der Waals surface area contributed by atoms with E-state index in [9.17, 15) is 18.0 Å². The maximum Gasteiger partial charge on any atom is 0.248 e. The van der Waals surface area contributed by atoms with Crippen molar-refractivity contribution in [2.45, 2.75) is 43.0 Å². The Hall–Kier alpha value is -1.93. The van der Waals surface area contributed by atoms with E-state index in [-0.39, 0.29) is 16.4 Å². The van der Waals surface area contributed by atoms with Crippen LogP contribution in [-0.4, -0.2) is 55.1 Å². The molecule has 2 amide bonds. The van der Waals surface area contributed by atoms with Gasteiger partial charge >= 0.3 is 0 Å². The first-order valence-corrected chi connectivity index (χ1v) is 10.1. The van der Waals surface area contributed by atoms with E-state index in [0.29, 0.717) is 26.1 Å². The highest BCUT2D eigenvalue weighted by molar-refractivity contribution is 7.89. The van der Waals surface area contributed by atoms with Crippen LogP contribution < -0.4 is 5.73 Å². The molecule has 8 heteroatoms. The van der Waals surface area contributed by atoms with E-state index >= 15 is 0 Å². The Labute approximate surface area is 147 Å². The number of sulfonamides is 1. The van der Waals surface area contributed by atoms with Crippen LogP contribution in [0.3, 0.4) is 0 Å². The monoisotopic (exact) mass is 365 g/mol. The number of carbonyl (C=O) groups excluding carboxylic acids is 2. The minimum Gasteiger partial charge on any atom is -0.366 e. The lowest BCUT2D eigenvalue weighted by Crippen LogP contribution is -2.52. The van der Waals surface area contributed by atoms with E-state index < -0.39 is 22.0 Å². The van der Waals surface area contributed by atoms with Gasteiger partial charge in [-0.1, -0.05) is 6.42 Å². The molecule has 0 unspecified atom stereocenters. The first-order chi connectivity index (χ1) is 11.9. The molecule has 0 saturated carbocycles. The molecule has 0 aliphatic carbocycles. The third-order valence-electron chi connectivity index (χ3n) is 4.90. The molecule has 2 aliphatic rings. The van der Waals surface area contributed by atoms with Crippen molar-refractivity contribution in [3.63, 3.8) is 0 Å². The molecule has 136 valence electrons. The highest BCUT2D eigenvalue weighted by Gasteiger charge is 2.39. The van der Waals surface area contributed by atoms with E-state index in [1.54, 1.807) is 4.90 Å². The summed E-state index contributed by atoms with van der Waals surface area (Å²) in [4.78, 5) is 25.8. The molecule has 0 radical (unpaired) electrons. The molecule has 2 heterocycles. The summed E-state index contributed by atoms with van der Waals surface area (Å²) in [7, 11) is -3.79. The summed E-state index contributed by atoms with van der Waals surface area (Å²) in [5, 5.41) is 0. The van der Waals surface area contributed by atoms with Gasteiger partial charge in [-0.2, -0.15) is 4.31 Å². The van der Waals surface area contributed by atoms with Crippen LogP contribution in [0.2, 0.25) is 0 Å². The minimum atomic E-state index is -3.79. The second-order valence-electron chi connectivity index (χ2n) is 6.55. The van der Waals surface area contributed by atoms with Gasteiger partial charge in [0.1, 0.15) is 6.04 Å². The largest absolute Gasteiger partial charge is 0.366 e. The van der Waals surface area contributed by atoms with Crippen LogP contribution in [0.5, 0.6) is 0 Å². The van der Waals surface area contributed by atoms with E-state index in [1.807, 2.05) is 0 Å². The number of likely N-dealkylation sites (tertiary alicyclic amines) is 1. The lowest BCUT2D eigenvalue weighted by molar-refractivity contribution is -0.135. The van der Waals surface area contributed by atoms with Gasteiger partial charge in [0, 0.05) is 25.2 Å². The van der Waals surface area contributed by atoms with Crippen LogP contribution in [0.15, 0.2) is 29.2 Å². The van der Waals surface area contributed by atoms with Gasteiger partial charge in [0.25, 0.3) is 0 Å². The number of rotatable bonds is 4. The molecule has 25 heavy (non-hydrogen) atoms. The van der Waals surface area contributed by atoms with Gasteiger partial charge in [-0.25, -0.2) is 8.42 Å². The average molecular weight is 365 g/mol. The highest BCUT2D eigenvalue weighted by atomic mass is 32.2. The molecular formula is C17H23N3O4S. The van der Waals surface area contributed by atoms with Crippen LogP contribution >= 0.6 is 0 Å². The van der Waals surface area contributed by atoms with Crippen molar-refractivity contribution in [3.05, 3.63) is 29.8 Å². The zero-order chi connectivity index (χ0) is 18.0. The Balaban J connectivity index is 1.87. The van der Waals surface area contributed by atoms with Crippen molar-refractivity contribution in [2.24, 2.45) is 5.73 Å². The van der Waals surface area contributed by atoms with E-state index in [4.69, 9.17) is 5.73 Å². The van der Waals surface area contributed by atoms with Crippen LogP contribution in [0.4, 0.5) is 0 Å². The van der Waals surface area contributed by atoms with Gasteiger partial charge in [-0.15, -0.1) is 0 Å². The number of nitrogens with two attached hydrogens (primary N) is 1. The SMILES string of the molecule is NC(=O)c1ccc(S(=O)(=O)N2CCCC[C@H]2C(=O)N2CCCC2)cc1. The molecule has 2 aliphatic heterocycles. The lowest BCUT2D eigenvalue weighted by atomic mass is 10.0. The van der Waals surface area contributed by atoms with E-state index in [2.05, 4.69) is 0 Å². The van der Waals surface area contributed by atoms with Crippen molar-refractivity contribution in [1.29, 1.82) is 0 Å². The summed E-state index contributed by atoms with van der Waals surface area (Å²) >= 11 is 0. The summed E-state index contributed by atoms with van der Waals surface area (Å²) in [6.45, 7) is 1.75. The molecule has 1 aromatic carbocycles. The number of primary amides is 1. The number of carbonyl (C=O) groups is 2. The minimum absolute atomic E-state index is 0.0821. The van der Waals surface area contributed by atoms with E-state index in [1.165, 1.54) is 28.6 Å². The summed E-state index contributed by atoms with van der Waals surface area (Å²) < 4.78 is 27.4. The van der Waals surface area contributed by atoms with Gasteiger partial charge in [-0.3, -0.25) is 9.59 Å². The topological polar surface area (TPSA) is 101 Å².